The second-order valence-corrected chi connectivity index (χ2v) is 6.42. The zero-order chi connectivity index (χ0) is 14.2. The van der Waals surface area contributed by atoms with Crippen molar-refractivity contribution in [1.29, 1.82) is 0 Å². The molecule has 0 aliphatic carbocycles. The van der Waals surface area contributed by atoms with Crippen molar-refractivity contribution >= 4 is 21.4 Å². The Hall–Kier alpha value is -2.08. The molecule has 20 heavy (non-hydrogen) atoms. The van der Waals surface area contributed by atoms with Crippen LogP contribution in [-0.4, -0.2) is 19.9 Å². The molecule has 0 fully saturated rings. The largest absolute Gasteiger partial charge is 0.384 e. The second-order valence-electron chi connectivity index (χ2n) is 4.74. The minimum atomic E-state index is -3.59. The lowest BCUT2D eigenvalue weighted by molar-refractivity contribution is 0.601. The monoisotopic (exact) mass is 289 g/mol. The predicted octanol–water partition coefficient (Wildman–Crippen LogP) is 2.16. The molecular weight excluding hydrogens is 274 g/mol. The molecule has 0 radical (unpaired) electrons. The molecule has 2 aromatic rings. The van der Waals surface area contributed by atoms with Crippen LogP contribution in [0.15, 0.2) is 41.4 Å². The number of pyridine rings is 1. The summed E-state index contributed by atoms with van der Waals surface area (Å²) in [6, 6.07) is 8.58. The number of hydrogen-bond donors (Lipinski definition) is 2. The number of nitrogens with zero attached hydrogens (tertiary/aromatic N) is 1. The van der Waals surface area contributed by atoms with Gasteiger partial charge in [0, 0.05) is 18.4 Å². The highest BCUT2D eigenvalue weighted by Gasteiger charge is 2.19. The van der Waals surface area contributed by atoms with E-state index in [4.69, 9.17) is 0 Å². The van der Waals surface area contributed by atoms with Crippen LogP contribution in [-0.2, 0) is 16.4 Å². The third-order valence-electron chi connectivity index (χ3n) is 3.35. The van der Waals surface area contributed by atoms with Gasteiger partial charge in [0.25, 0.3) is 10.0 Å². The number of sulfonamides is 1. The molecular formula is C14H15N3O2S. The van der Waals surface area contributed by atoms with E-state index in [0.717, 1.165) is 24.2 Å². The summed E-state index contributed by atoms with van der Waals surface area (Å²) in [5.41, 5.74) is 3.20. The van der Waals surface area contributed by atoms with Gasteiger partial charge in [0.1, 0.15) is 0 Å². The van der Waals surface area contributed by atoms with Crippen LogP contribution in [0.3, 0.4) is 0 Å². The highest BCUT2D eigenvalue weighted by atomic mass is 32.2. The Morgan fingerprint density at radius 3 is 2.95 bits per heavy atom. The Labute approximate surface area is 118 Å². The fourth-order valence-electron chi connectivity index (χ4n) is 2.23. The van der Waals surface area contributed by atoms with E-state index in [1.54, 1.807) is 37.4 Å². The van der Waals surface area contributed by atoms with Gasteiger partial charge in [-0.05, 0) is 43.2 Å². The van der Waals surface area contributed by atoms with Crippen molar-refractivity contribution in [2.45, 2.75) is 18.2 Å². The van der Waals surface area contributed by atoms with Gasteiger partial charge in [0.2, 0.25) is 0 Å². The zero-order valence-corrected chi connectivity index (χ0v) is 11.9. The van der Waals surface area contributed by atoms with Crippen LogP contribution in [0.1, 0.15) is 11.3 Å². The van der Waals surface area contributed by atoms with Gasteiger partial charge in [0.05, 0.1) is 16.3 Å². The van der Waals surface area contributed by atoms with Crippen molar-refractivity contribution in [3.8, 4) is 0 Å². The summed E-state index contributed by atoms with van der Waals surface area (Å²) < 4.78 is 27.3. The number of rotatable bonds is 3. The normalized spacial score (nSPS) is 13.7. The molecule has 0 spiro atoms. The lowest BCUT2D eigenvalue weighted by atomic mass is 10.2. The average molecular weight is 289 g/mol. The maximum absolute atomic E-state index is 12.4. The van der Waals surface area contributed by atoms with Gasteiger partial charge in [-0.3, -0.25) is 9.71 Å². The Bertz CT molecular complexity index is 757. The minimum Gasteiger partial charge on any atom is -0.384 e. The Balaban J connectivity index is 1.94. The van der Waals surface area contributed by atoms with Crippen LogP contribution >= 0.6 is 0 Å². The number of hydrogen-bond acceptors (Lipinski definition) is 4. The number of aryl methyl sites for hydroxylation is 1. The van der Waals surface area contributed by atoms with Gasteiger partial charge in [-0.1, -0.05) is 6.07 Å². The Morgan fingerprint density at radius 1 is 1.30 bits per heavy atom. The van der Waals surface area contributed by atoms with Crippen LogP contribution in [0.4, 0.5) is 11.4 Å². The average Bonchev–Trinajstić information content (AvgIpc) is 2.88. The molecule has 2 N–H and O–H groups in total. The van der Waals surface area contributed by atoms with E-state index in [1.807, 2.05) is 6.07 Å². The first-order valence-electron chi connectivity index (χ1n) is 6.37. The second kappa shape index (κ2) is 4.79. The topological polar surface area (TPSA) is 71.1 Å². The first-order valence-corrected chi connectivity index (χ1v) is 7.86. The first-order chi connectivity index (χ1) is 9.56. The van der Waals surface area contributed by atoms with Gasteiger partial charge in [0.15, 0.2) is 0 Å². The molecule has 0 saturated heterocycles. The lowest BCUT2D eigenvalue weighted by Gasteiger charge is -2.10. The summed E-state index contributed by atoms with van der Waals surface area (Å²) in [5.74, 6) is 0. The zero-order valence-electron chi connectivity index (χ0n) is 11.1. The molecule has 0 saturated carbocycles. The van der Waals surface area contributed by atoms with Crippen LogP contribution in [0, 0.1) is 6.92 Å². The molecule has 3 rings (SSSR count). The van der Waals surface area contributed by atoms with Crippen molar-refractivity contribution in [2.75, 3.05) is 16.6 Å². The van der Waals surface area contributed by atoms with E-state index >= 15 is 0 Å². The van der Waals surface area contributed by atoms with E-state index in [2.05, 4.69) is 15.0 Å². The predicted molar refractivity (Wildman–Crippen MR) is 78.4 cm³/mol. The highest BCUT2D eigenvalue weighted by Crippen LogP contribution is 2.26. The molecule has 0 amide bonds. The third-order valence-corrected chi connectivity index (χ3v) is 4.72. The summed E-state index contributed by atoms with van der Waals surface area (Å²) in [6.07, 6.45) is 2.57. The third kappa shape index (κ3) is 2.34. The molecule has 1 aliphatic heterocycles. The van der Waals surface area contributed by atoms with Crippen molar-refractivity contribution < 1.29 is 8.42 Å². The van der Waals surface area contributed by atoms with Crippen molar-refractivity contribution in [3.05, 3.63) is 47.8 Å². The van der Waals surface area contributed by atoms with E-state index in [0.29, 0.717) is 11.4 Å². The van der Waals surface area contributed by atoms with Crippen LogP contribution in [0.5, 0.6) is 0 Å². The SMILES string of the molecule is Cc1ncccc1NS(=O)(=O)c1ccc2c(c1)NCC2. The van der Waals surface area contributed by atoms with Crippen LogP contribution < -0.4 is 10.0 Å². The van der Waals surface area contributed by atoms with Crippen LogP contribution in [0.25, 0.3) is 0 Å². The number of anilines is 2. The van der Waals surface area contributed by atoms with Crippen LogP contribution in [0.2, 0.25) is 0 Å². The molecule has 1 aromatic carbocycles. The Morgan fingerprint density at radius 2 is 2.15 bits per heavy atom. The van der Waals surface area contributed by atoms with Crippen molar-refractivity contribution in [1.82, 2.24) is 4.98 Å². The molecule has 5 nitrogen and oxygen atoms in total. The van der Waals surface area contributed by atoms with Crippen molar-refractivity contribution in [2.24, 2.45) is 0 Å². The molecule has 0 atom stereocenters. The number of benzene rings is 1. The van der Waals surface area contributed by atoms with E-state index in [9.17, 15) is 8.42 Å². The minimum absolute atomic E-state index is 0.258. The molecule has 1 aliphatic rings. The molecule has 0 bridgehead atoms. The molecule has 1 aromatic heterocycles. The van der Waals surface area contributed by atoms with E-state index < -0.39 is 10.0 Å². The maximum Gasteiger partial charge on any atom is 0.262 e. The van der Waals surface area contributed by atoms with Gasteiger partial charge in [-0.2, -0.15) is 0 Å². The quantitative estimate of drug-likeness (QED) is 0.908. The summed E-state index contributed by atoms with van der Waals surface area (Å²) in [4.78, 5) is 4.33. The molecule has 6 heteroatoms. The lowest BCUT2D eigenvalue weighted by Crippen LogP contribution is -2.14. The smallest absolute Gasteiger partial charge is 0.262 e. The van der Waals surface area contributed by atoms with E-state index in [-0.39, 0.29) is 4.90 Å². The molecule has 2 heterocycles. The fourth-order valence-corrected chi connectivity index (χ4v) is 3.38. The molecule has 0 unspecified atom stereocenters. The maximum atomic E-state index is 12.4. The highest BCUT2D eigenvalue weighted by molar-refractivity contribution is 7.92. The summed E-state index contributed by atoms with van der Waals surface area (Å²) in [5, 5.41) is 3.18. The summed E-state index contributed by atoms with van der Waals surface area (Å²) in [7, 11) is -3.59. The number of nitrogens with one attached hydrogen (secondary N) is 2. The summed E-state index contributed by atoms with van der Waals surface area (Å²) in [6.45, 7) is 2.62. The summed E-state index contributed by atoms with van der Waals surface area (Å²) >= 11 is 0. The standard InChI is InChI=1S/C14H15N3O2S/c1-10-13(3-2-7-15-10)17-20(18,19)12-5-4-11-6-8-16-14(11)9-12/h2-5,7,9,16-17H,6,8H2,1H3. The fraction of sp³-hybridized carbons (Fsp3) is 0.214. The number of fused-ring (bicyclic) bond motifs is 1. The van der Waals surface area contributed by atoms with Gasteiger partial charge >= 0.3 is 0 Å². The number of aromatic nitrogens is 1. The van der Waals surface area contributed by atoms with Gasteiger partial charge in [-0.15, -0.1) is 0 Å². The van der Waals surface area contributed by atoms with Crippen molar-refractivity contribution in [3.63, 3.8) is 0 Å². The van der Waals surface area contributed by atoms with Gasteiger partial charge in [-0.25, -0.2) is 8.42 Å². The van der Waals surface area contributed by atoms with E-state index in [1.165, 1.54) is 0 Å². The Kier molecular flexibility index (Phi) is 3.10. The first kappa shape index (κ1) is 12.9. The van der Waals surface area contributed by atoms with Gasteiger partial charge < -0.3 is 5.32 Å². The molecule has 104 valence electrons.